The molecule has 3 rings (SSSR count). The summed E-state index contributed by atoms with van der Waals surface area (Å²) >= 11 is 0. The van der Waals surface area contributed by atoms with E-state index >= 15 is 0 Å². The van der Waals surface area contributed by atoms with E-state index in [1.165, 1.54) is 25.0 Å². The topological polar surface area (TPSA) is 44.4 Å². The number of carbonyl (C=O) groups excluding carboxylic acids is 1. The molecule has 0 aliphatic carbocycles. The molecule has 1 aromatic carbocycles. The molecule has 1 atom stereocenters. The second-order valence-corrected chi connectivity index (χ2v) is 7.11. The van der Waals surface area contributed by atoms with E-state index in [0.29, 0.717) is 18.3 Å². The van der Waals surface area contributed by atoms with Crippen molar-refractivity contribution in [3.8, 4) is 0 Å². The predicted molar refractivity (Wildman–Crippen MR) is 94.6 cm³/mol. The molecule has 1 unspecified atom stereocenters. The number of piperidine rings is 1. The summed E-state index contributed by atoms with van der Waals surface area (Å²) in [6, 6.07) is 6.67. The standard InChI is InChI=1S/C19H28FN3O/c20-17-2-4-18(5-3-17)23-12-9-16(14-23)13-22-19(24)6-1-15-7-10-21-11-8-15/h2-5,15-16,21H,1,6-14H2,(H,22,24). The average molecular weight is 333 g/mol. The molecule has 0 aromatic heterocycles. The molecule has 1 amide bonds. The lowest BCUT2D eigenvalue weighted by Crippen LogP contribution is -2.32. The third kappa shape index (κ3) is 4.94. The van der Waals surface area contributed by atoms with Gasteiger partial charge in [-0.25, -0.2) is 4.39 Å². The van der Waals surface area contributed by atoms with Crippen molar-refractivity contribution < 1.29 is 9.18 Å². The highest BCUT2D eigenvalue weighted by Gasteiger charge is 2.23. The van der Waals surface area contributed by atoms with Crippen LogP contribution >= 0.6 is 0 Å². The second-order valence-electron chi connectivity index (χ2n) is 7.11. The van der Waals surface area contributed by atoms with Gasteiger partial charge in [-0.05, 0) is 74.9 Å². The van der Waals surface area contributed by atoms with E-state index in [4.69, 9.17) is 0 Å². The van der Waals surface area contributed by atoms with E-state index in [0.717, 1.165) is 51.3 Å². The molecule has 24 heavy (non-hydrogen) atoms. The zero-order chi connectivity index (χ0) is 16.8. The molecule has 2 aliphatic heterocycles. The Hall–Kier alpha value is -1.62. The highest BCUT2D eigenvalue weighted by molar-refractivity contribution is 5.75. The predicted octanol–water partition coefficient (Wildman–Crippen LogP) is 2.55. The molecule has 0 saturated carbocycles. The summed E-state index contributed by atoms with van der Waals surface area (Å²) in [5, 5.41) is 6.46. The number of hydrogen-bond donors (Lipinski definition) is 2. The van der Waals surface area contributed by atoms with Crippen molar-refractivity contribution in [2.24, 2.45) is 11.8 Å². The molecule has 1 aromatic rings. The molecule has 2 heterocycles. The van der Waals surface area contributed by atoms with Crippen LogP contribution < -0.4 is 15.5 Å². The first-order chi connectivity index (χ1) is 11.7. The third-order valence-corrected chi connectivity index (χ3v) is 5.30. The first kappa shape index (κ1) is 17.2. The van der Waals surface area contributed by atoms with E-state index in [2.05, 4.69) is 15.5 Å². The largest absolute Gasteiger partial charge is 0.371 e. The summed E-state index contributed by atoms with van der Waals surface area (Å²) in [6.07, 6.45) is 5.13. The monoisotopic (exact) mass is 333 g/mol. The molecule has 2 fully saturated rings. The summed E-state index contributed by atoms with van der Waals surface area (Å²) in [7, 11) is 0. The minimum atomic E-state index is -0.199. The number of rotatable bonds is 6. The van der Waals surface area contributed by atoms with Crippen LogP contribution in [0.5, 0.6) is 0 Å². The van der Waals surface area contributed by atoms with Gasteiger partial charge in [-0.1, -0.05) is 0 Å². The van der Waals surface area contributed by atoms with E-state index < -0.39 is 0 Å². The van der Waals surface area contributed by atoms with E-state index in [1.807, 2.05) is 12.1 Å². The highest BCUT2D eigenvalue weighted by atomic mass is 19.1. The van der Waals surface area contributed by atoms with E-state index in [-0.39, 0.29) is 11.7 Å². The van der Waals surface area contributed by atoms with Crippen LogP contribution in [0.25, 0.3) is 0 Å². The lowest BCUT2D eigenvalue weighted by molar-refractivity contribution is -0.121. The maximum absolute atomic E-state index is 13.0. The van der Waals surface area contributed by atoms with Gasteiger partial charge >= 0.3 is 0 Å². The number of carbonyl (C=O) groups is 1. The summed E-state index contributed by atoms with van der Waals surface area (Å²) < 4.78 is 13.0. The summed E-state index contributed by atoms with van der Waals surface area (Å²) in [4.78, 5) is 14.3. The van der Waals surface area contributed by atoms with Gasteiger partial charge in [0.2, 0.25) is 5.91 Å². The van der Waals surface area contributed by atoms with Gasteiger partial charge in [0.25, 0.3) is 0 Å². The van der Waals surface area contributed by atoms with Gasteiger partial charge in [0.1, 0.15) is 5.82 Å². The first-order valence-electron chi connectivity index (χ1n) is 9.18. The lowest BCUT2D eigenvalue weighted by Gasteiger charge is -2.22. The Morgan fingerprint density at radius 2 is 1.92 bits per heavy atom. The minimum Gasteiger partial charge on any atom is -0.371 e. The molecule has 0 bridgehead atoms. The molecule has 2 N–H and O–H groups in total. The maximum atomic E-state index is 13.0. The quantitative estimate of drug-likeness (QED) is 0.841. The minimum absolute atomic E-state index is 0.189. The number of amides is 1. The molecule has 132 valence electrons. The Balaban J connectivity index is 1.35. The van der Waals surface area contributed by atoms with Gasteiger partial charge in [0, 0.05) is 31.7 Å². The summed E-state index contributed by atoms with van der Waals surface area (Å²) in [5.74, 6) is 1.18. The Morgan fingerprint density at radius 3 is 2.67 bits per heavy atom. The van der Waals surface area contributed by atoms with Crippen molar-refractivity contribution in [3.63, 3.8) is 0 Å². The Kier molecular flexibility index (Phi) is 6.07. The smallest absolute Gasteiger partial charge is 0.220 e. The number of nitrogens with zero attached hydrogens (tertiary/aromatic N) is 1. The van der Waals surface area contributed by atoms with Crippen molar-refractivity contribution in [2.45, 2.75) is 32.1 Å². The number of nitrogens with one attached hydrogen (secondary N) is 2. The van der Waals surface area contributed by atoms with Crippen molar-refractivity contribution in [1.82, 2.24) is 10.6 Å². The van der Waals surface area contributed by atoms with Crippen LogP contribution in [0, 0.1) is 17.7 Å². The number of halogens is 1. The summed E-state index contributed by atoms with van der Waals surface area (Å²) in [6.45, 7) is 4.84. The molecule has 0 spiro atoms. The fourth-order valence-corrected chi connectivity index (χ4v) is 3.74. The van der Waals surface area contributed by atoms with Gasteiger partial charge in [0.15, 0.2) is 0 Å². The second kappa shape index (κ2) is 8.47. The third-order valence-electron chi connectivity index (χ3n) is 5.30. The maximum Gasteiger partial charge on any atom is 0.220 e. The number of benzene rings is 1. The molecule has 2 saturated heterocycles. The molecular weight excluding hydrogens is 305 g/mol. The Labute approximate surface area is 143 Å². The van der Waals surface area contributed by atoms with Crippen LogP contribution in [-0.2, 0) is 4.79 Å². The van der Waals surface area contributed by atoms with Crippen LogP contribution in [-0.4, -0.2) is 38.6 Å². The first-order valence-corrected chi connectivity index (χ1v) is 9.18. The number of hydrogen-bond acceptors (Lipinski definition) is 3. The highest BCUT2D eigenvalue weighted by Crippen LogP contribution is 2.23. The van der Waals surface area contributed by atoms with Crippen LogP contribution in [0.1, 0.15) is 32.1 Å². The summed E-state index contributed by atoms with van der Waals surface area (Å²) in [5.41, 5.74) is 1.07. The Morgan fingerprint density at radius 1 is 1.17 bits per heavy atom. The fraction of sp³-hybridized carbons (Fsp3) is 0.632. The molecule has 4 nitrogen and oxygen atoms in total. The molecule has 2 aliphatic rings. The lowest BCUT2D eigenvalue weighted by atomic mass is 9.93. The normalized spacial score (nSPS) is 21.9. The van der Waals surface area contributed by atoms with E-state index in [1.54, 1.807) is 0 Å². The van der Waals surface area contributed by atoms with Crippen molar-refractivity contribution >= 4 is 11.6 Å². The Bertz CT molecular complexity index is 528. The van der Waals surface area contributed by atoms with Crippen molar-refractivity contribution in [3.05, 3.63) is 30.1 Å². The van der Waals surface area contributed by atoms with Crippen LogP contribution in [0.3, 0.4) is 0 Å². The average Bonchev–Trinajstić information content (AvgIpc) is 3.09. The van der Waals surface area contributed by atoms with Gasteiger partial charge < -0.3 is 15.5 Å². The van der Waals surface area contributed by atoms with Crippen LogP contribution in [0.4, 0.5) is 10.1 Å². The molecular formula is C19H28FN3O. The fourth-order valence-electron chi connectivity index (χ4n) is 3.74. The zero-order valence-corrected chi connectivity index (χ0v) is 14.3. The zero-order valence-electron chi connectivity index (χ0n) is 14.3. The van der Waals surface area contributed by atoms with Gasteiger partial charge in [-0.15, -0.1) is 0 Å². The molecule has 5 heteroatoms. The molecule has 0 radical (unpaired) electrons. The van der Waals surface area contributed by atoms with Crippen molar-refractivity contribution in [2.75, 3.05) is 37.6 Å². The number of anilines is 1. The SMILES string of the molecule is O=C(CCC1CCNCC1)NCC1CCN(c2ccc(F)cc2)C1. The van der Waals surface area contributed by atoms with Crippen molar-refractivity contribution in [1.29, 1.82) is 0 Å². The van der Waals surface area contributed by atoms with Gasteiger partial charge in [-0.3, -0.25) is 4.79 Å². The van der Waals surface area contributed by atoms with Crippen LogP contribution in [0.2, 0.25) is 0 Å². The van der Waals surface area contributed by atoms with Gasteiger partial charge in [0.05, 0.1) is 0 Å². The van der Waals surface area contributed by atoms with Crippen LogP contribution in [0.15, 0.2) is 24.3 Å². The van der Waals surface area contributed by atoms with Gasteiger partial charge in [-0.2, -0.15) is 0 Å². The van der Waals surface area contributed by atoms with E-state index in [9.17, 15) is 9.18 Å².